The average molecular weight is 545 g/mol. The van der Waals surface area contributed by atoms with Crippen LogP contribution in [0.2, 0.25) is 12.1 Å². The van der Waals surface area contributed by atoms with Crippen LogP contribution in [0.5, 0.6) is 0 Å². The Hall–Kier alpha value is -2.34. The molecule has 0 radical (unpaired) electrons. The monoisotopic (exact) mass is 545 g/mol. The van der Waals surface area contributed by atoms with Gasteiger partial charge in [0.2, 0.25) is 0 Å². The zero-order valence-electron chi connectivity index (χ0n) is 25.6. The number of unbranched alkanes of at least 4 members (excludes halogenated alkanes) is 2. The van der Waals surface area contributed by atoms with Crippen LogP contribution in [0.3, 0.4) is 0 Å². The molecule has 0 aliphatic carbocycles. The lowest BCUT2D eigenvalue weighted by Gasteiger charge is -2.32. The lowest BCUT2D eigenvalue weighted by atomic mass is 9.55. The number of hydrogen-bond donors (Lipinski definition) is 0. The highest BCUT2D eigenvalue weighted by Gasteiger charge is 2.58. The second-order valence-electron chi connectivity index (χ2n) is 13.5. The molecular weight excluding hydrogens is 500 g/mol. The van der Waals surface area contributed by atoms with Gasteiger partial charge >= 0.3 is 14.2 Å². The highest BCUT2D eigenvalue weighted by Crippen LogP contribution is 2.47. The zero-order valence-corrected chi connectivity index (χ0v) is 25.6. The molecule has 2 aliphatic heterocycles. The van der Waals surface area contributed by atoms with E-state index < -0.39 is 42.1 Å². The molecule has 1 aromatic rings. The van der Waals surface area contributed by atoms with Crippen molar-refractivity contribution in [2.24, 2.45) is 11.3 Å². The first-order valence-electron chi connectivity index (χ1n) is 14.6. The topological polar surface area (TPSA) is 108 Å². The summed E-state index contributed by atoms with van der Waals surface area (Å²) in [4.78, 5) is 0. The van der Waals surface area contributed by atoms with E-state index in [1.54, 1.807) is 0 Å². The summed E-state index contributed by atoms with van der Waals surface area (Å²) in [7, 11) is -1.01. The van der Waals surface area contributed by atoms with Crippen molar-refractivity contribution in [3.63, 3.8) is 0 Å². The molecule has 3 rings (SSSR count). The van der Waals surface area contributed by atoms with Crippen LogP contribution in [-0.2, 0) is 25.0 Å². The SMILES string of the molecule is CC1(C)OB(CC(B2OC(C)(C)C(C)(C)O2)C(C#N)CCCCCC(C#N)(C#N)Cc2ccccc2)OC1(C)C. The van der Waals surface area contributed by atoms with Crippen molar-refractivity contribution in [1.29, 1.82) is 15.8 Å². The molecule has 2 atom stereocenters. The Morgan fingerprint density at radius 2 is 1.27 bits per heavy atom. The first-order chi connectivity index (χ1) is 18.6. The molecular formula is C31H45B2N3O4. The fraction of sp³-hybridized carbons (Fsp3) is 0.710. The van der Waals surface area contributed by atoms with Crippen LogP contribution >= 0.6 is 0 Å². The molecule has 40 heavy (non-hydrogen) atoms. The molecule has 0 saturated carbocycles. The minimum atomic E-state index is -1.04. The van der Waals surface area contributed by atoms with Gasteiger partial charge in [-0.25, -0.2) is 0 Å². The van der Waals surface area contributed by atoms with Gasteiger partial charge in [0.25, 0.3) is 0 Å². The molecule has 2 saturated heterocycles. The molecule has 0 amide bonds. The predicted molar refractivity (Wildman–Crippen MR) is 157 cm³/mol. The number of benzene rings is 1. The van der Waals surface area contributed by atoms with Gasteiger partial charge in [-0.15, -0.1) is 0 Å². The highest BCUT2D eigenvalue weighted by atomic mass is 16.7. The summed E-state index contributed by atoms with van der Waals surface area (Å²) >= 11 is 0. The number of hydrogen-bond acceptors (Lipinski definition) is 7. The van der Waals surface area contributed by atoms with Gasteiger partial charge in [0.15, 0.2) is 0 Å². The Labute approximate surface area is 242 Å². The third-order valence-corrected chi connectivity index (χ3v) is 9.47. The Bertz CT molecular complexity index is 1090. The van der Waals surface area contributed by atoms with Crippen LogP contribution in [0.25, 0.3) is 0 Å². The summed E-state index contributed by atoms with van der Waals surface area (Å²) in [6.45, 7) is 16.2. The maximum absolute atomic E-state index is 10.3. The van der Waals surface area contributed by atoms with Crippen molar-refractivity contribution in [2.45, 2.75) is 128 Å². The fourth-order valence-electron chi connectivity index (χ4n) is 5.40. The van der Waals surface area contributed by atoms with Gasteiger partial charge in [0.1, 0.15) is 5.41 Å². The third-order valence-electron chi connectivity index (χ3n) is 9.47. The van der Waals surface area contributed by atoms with E-state index >= 15 is 0 Å². The lowest BCUT2D eigenvalue weighted by Crippen LogP contribution is -2.41. The quantitative estimate of drug-likeness (QED) is 0.208. The molecule has 9 heteroatoms. The van der Waals surface area contributed by atoms with Crippen molar-refractivity contribution < 1.29 is 18.6 Å². The van der Waals surface area contributed by atoms with Crippen molar-refractivity contribution in [2.75, 3.05) is 0 Å². The summed E-state index contributed by atoms with van der Waals surface area (Å²) in [5, 5.41) is 30.0. The van der Waals surface area contributed by atoms with Crippen LogP contribution < -0.4 is 0 Å². The molecule has 7 nitrogen and oxygen atoms in total. The fourth-order valence-corrected chi connectivity index (χ4v) is 5.40. The van der Waals surface area contributed by atoms with Crippen LogP contribution in [-0.4, -0.2) is 36.6 Å². The predicted octanol–water partition coefficient (Wildman–Crippen LogP) is 6.91. The molecule has 0 aromatic heterocycles. The third kappa shape index (κ3) is 7.10. The van der Waals surface area contributed by atoms with Crippen LogP contribution in [0.15, 0.2) is 30.3 Å². The van der Waals surface area contributed by atoms with Gasteiger partial charge in [0, 0.05) is 18.2 Å². The summed E-state index contributed by atoms with van der Waals surface area (Å²) < 4.78 is 25.5. The van der Waals surface area contributed by atoms with E-state index in [0.717, 1.165) is 24.8 Å². The van der Waals surface area contributed by atoms with Gasteiger partial charge < -0.3 is 18.6 Å². The summed E-state index contributed by atoms with van der Waals surface area (Å²) in [5.74, 6) is -0.564. The molecule has 2 aliphatic rings. The number of nitriles is 3. The molecule has 214 valence electrons. The summed E-state index contributed by atoms with van der Waals surface area (Å²) in [6.07, 6.45) is 4.44. The van der Waals surface area contributed by atoms with Crippen molar-refractivity contribution in [3.8, 4) is 18.2 Å². The standard InChI is InChI=1S/C31H45B2N3O4/c1-27(2)28(3,4)38-32(37-27)20-26(33-39-29(5,6)30(7,8)40-33)25(21-34)17-13-10-14-18-31(22-35,23-36)19-24-15-11-9-12-16-24/h9,11-12,15-16,25-26H,10,13-14,17-20H2,1-8H3. The summed E-state index contributed by atoms with van der Waals surface area (Å²) in [5.41, 5.74) is -2.01. The van der Waals surface area contributed by atoms with E-state index in [1.807, 2.05) is 85.7 Å². The minimum Gasteiger partial charge on any atom is -0.403 e. The Morgan fingerprint density at radius 3 is 1.77 bits per heavy atom. The van der Waals surface area contributed by atoms with Gasteiger partial charge in [-0.2, -0.15) is 15.8 Å². The van der Waals surface area contributed by atoms with Crippen molar-refractivity contribution in [1.82, 2.24) is 0 Å². The smallest absolute Gasteiger partial charge is 0.403 e. The van der Waals surface area contributed by atoms with Gasteiger partial charge in [0.05, 0.1) is 40.6 Å². The molecule has 2 fully saturated rings. The molecule has 2 heterocycles. The van der Waals surface area contributed by atoms with Gasteiger partial charge in [-0.1, -0.05) is 49.6 Å². The largest absolute Gasteiger partial charge is 0.461 e. The van der Waals surface area contributed by atoms with Gasteiger partial charge in [-0.05, 0) is 80.1 Å². The average Bonchev–Trinajstić information content (AvgIpc) is 3.23. The molecule has 0 N–H and O–H groups in total. The van der Waals surface area contributed by atoms with Crippen molar-refractivity contribution in [3.05, 3.63) is 35.9 Å². The van der Waals surface area contributed by atoms with E-state index in [1.165, 1.54) is 0 Å². The van der Waals surface area contributed by atoms with E-state index in [0.29, 0.717) is 25.6 Å². The van der Waals surface area contributed by atoms with E-state index in [2.05, 4.69) is 18.2 Å². The maximum Gasteiger partial charge on any atom is 0.461 e. The maximum atomic E-state index is 10.3. The highest BCUT2D eigenvalue weighted by molar-refractivity contribution is 6.53. The normalized spacial score (nSPS) is 22.2. The van der Waals surface area contributed by atoms with E-state index in [9.17, 15) is 15.8 Å². The lowest BCUT2D eigenvalue weighted by molar-refractivity contribution is 0.00578. The molecule has 2 unspecified atom stereocenters. The first-order valence-corrected chi connectivity index (χ1v) is 14.6. The second kappa shape index (κ2) is 12.3. The molecule has 1 aromatic carbocycles. The minimum absolute atomic E-state index is 0.240. The van der Waals surface area contributed by atoms with E-state index in [4.69, 9.17) is 18.6 Å². The molecule has 0 spiro atoms. The second-order valence-corrected chi connectivity index (χ2v) is 13.5. The summed E-state index contributed by atoms with van der Waals surface area (Å²) in [6, 6.07) is 16.8. The first kappa shape index (κ1) is 32.2. The van der Waals surface area contributed by atoms with Crippen LogP contribution in [0.4, 0.5) is 0 Å². The van der Waals surface area contributed by atoms with Crippen LogP contribution in [0.1, 0.15) is 93.1 Å². The molecule has 0 bridgehead atoms. The Balaban J connectivity index is 1.65. The van der Waals surface area contributed by atoms with Crippen LogP contribution in [0, 0.1) is 45.3 Å². The van der Waals surface area contributed by atoms with Crippen molar-refractivity contribution >= 4 is 14.2 Å². The Kier molecular flexibility index (Phi) is 9.86. The zero-order chi connectivity index (χ0) is 29.8. The Morgan fingerprint density at radius 1 is 0.750 bits per heavy atom. The van der Waals surface area contributed by atoms with Gasteiger partial charge in [-0.3, -0.25) is 0 Å². The van der Waals surface area contributed by atoms with E-state index in [-0.39, 0.29) is 11.7 Å². The number of nitrogens with zero attached hydrogens (tertiary/aromatic N) is 3. The number of rotatable bonds is 12.